The molecule has 0 saturated carbocycles. The van der Waals surface area contributed by atoms with E-state index in [4.69, 9.17) is 4.52 Å². The van der Waals surface area contributed by atoms with Crippen LogP contribution in [0.1, 0.15) is 24.7 Å². The van der Waals surface area contributed by atoms with E-state index in [1.54, 1.807) is 11.8 Å². The Morgan fingerprint density at radius 2 is 2.05 bits per heavy atom. The molecule has 1 fully saturated rings. The van der Waals surface area contributed by atoms with Crippen LogP contribution in [0.15, 0.2) is 39.8 Å². The second-order valence-corrected chi connectivity index (χ2v) is 6.16. The SMILES string of the molecule is CC(c1nc(CSc2ccccc2)no1)N1CCNCC1. The molecule has 3 rings (SSSR count). The topological polar surface area (TPSA) is 54.2 Å². The predicted octanol–water partition coefficient (Wildman–Crippen LogP) is 2.33. The fourth-order valence-corrected chi connectivity index (χ4v) is 3.15. The second kappa shape index (κ2) is 7.06. The Labute approximate surface area is 129 Å². The van der Waals surface area contributed by atoms with Gasteiger partial charge in [0.15, 0.2) is 5.82 Å². The maximum absolute atomic E-state index is 5.43. The highest BCUT2D eigenvalue weighted by atomic mass is 32.2. The van der Waals surface area contributed by atoms with Crippen molar-refractivity contribution in [1.29, 1.82) is 0 Å². The van der Waals surface area contributed by atoms with E-state index in [9.17, 15) is 0 Å². The van der Waals surface area contributed by atoms with Crippen LogP contribution in [0.25, 0.3) is 0 Å². The molecule has 0 amide bonds. The normalized spacial score (nSPS) is 17.8. The summed E-state index contributed by atoms with van der Waals surface area (Å²) in [6, 6.07) is 10.5. The minimum absolute atomic E-state index is 0.190. The van der Waals surface area contributed by atoms with Gasteiger partial charge in [0.25, 0.3) is 0 Å². The summed E-state index contributed by atoms with van der Waals surface area (Å²) in [6.45, 7) is 6.23. The third kappa shape index (κ3) is 3.84. The van der Waals surface area contributed by atoms with Gasteiger partial charge in [0, 0.05) is 31.1 Å². The van der Waals surface area contributed by atoms with Crippen molar-refractivity contribution in [2.45, 2.75) is 23.6 Å². The summed E-state index contributed by atoms with van der Waals surface area (Å²) in [5.74, 6) is 2.23. The van der Waals surface area contributed by atoms with Crippen LogP contribution in [-0.4, -0.2) is 41.2 Å². The number of piperazine rings is 1. The molecule has 1 aromatic carbocycles. The van der Waals surface area contributed by atoms with Gasteiger partial charge in [-0.2, -0.15) is 4.98 Å². The van der Waals surface area contributed by atoms with E-state index in [-0.39, 0.29) is 6.04 Å². The zero-order valence-electron chi connectivity index (χ0n) is 12.2. The number of nitrogens with zero attached hydrogens (tertiary/aromatic N) is 3. The summed E-state index contributed by atoms with van der Waals surface area (Å²) in [6.07, 6.45) is 0. The average Bonchev–Trinajstić information content (AvgIpc) is 3.03. The van der Waals surface area contributed by atoms with Crippen molar-refractivity contribution in [2.75, 3.05) is 26.2 Å². The van der Waals surface area contributed by atoms with Gasteiger partial charge >= 0.3 is 0 Å². The van der Waals surface area contributed by atoms with E-state index in [2.05, 4.69) is 39.4 Å². The Morgan fingerprint density at radius 1 is 1.29 bits per heavy atom. The molecule has 0 aliphatic carbocycles. The fraction of sp³-hybridized carbons (Fsp3) is 0.467. The molecular weight excluding hydrogens is 284 g/mol. The first-order valence-electron chi connectivity index (χ1n) is 7.28. The lowest BCUT2D eigenvalue weighted by molar-refractivity contribution is 0.154. The quantitative estimate of drug-likeness (QED) is 0.856. The van der Waals surface area contributed by atoms with E-state index < -0.39 is 0 Å². The molecule has 5 nitrogen and oxygen atoms in total. The van der Waals surface area contributed by atoms with E-state index in [1.807, 2.05) is 18.2 Å². The molecule has 1 aromatic heterocycles. The molecule has 0 spiro atoms. The summed E-state index contributed by atoms with van der Waals surface area (Å²) >= 11 is 1.73. The number of hydrogen-bond acceptors (Lipinski definition) is 6. The number of nitrogens with one attached hydrogen (secondary N) is 1. The first kappa shape index (κ1) is 14.6. The molecule has 1 atom stereocenters. The van der Waals surface area contributed by atoms with Crippen LogP contribution in [-0.2, 0) is 5.75 Å². The Morgan fingerprint density at radius 3 is 2.81 bits per heavy atom. The molecule has 1 saturated heterocycles. The van der Waals surface area contributed by atoms with Gasteiger partial charge in [-0.05, 0) is 19.1 Å². The summed E-state index contributed by atoms with van der Waals surface area (Å²) in [4.78, 5) is 8.13. The Balaban J connectivity index is 1.58. The van der Waals surface area contributed by atoms with Crippen molar-refractivity contribution >= 4 is 11.8 Å². The molecule has 0 radical (unpaired) electrons. The van der Waals surface area contributed by atoms with E-state index in [0.717, 1.165) is 43.6 Å². The summed E-state index contributed by atoms with van der Waals surface area (Å²) in [5, 5.41) is 7.45. The van der Waals surface area contributed by atoms with Gasteiger partial charge in [-0.25, -0.2) is 0 Å². The Hall–Kier alpha value is -1.37. The van der Waals surface area contributed by atoms with Gasteiger partial charge in [0.1, 0.15) is 0 Å². The van der Waals surface area contributed by atoms with Crippen LogP contribution in [0.2, 0.25) is 0 Å². The van der Waals surface area contributed by atoms with Gasteiger partial charge in [-0.15, -0.1) is 11.8 Å². The molecular formula is C15H20N4OS. The molecule has 1 aliphatic rings. The minimum Gasteiger partial charge on any atom is -0.338 e. The molecule has 2 heterocycles. The van der Waals surface area contributed by atoms with Crippen molar-refractivity contribution in [1.82, 2.24) is 20.4 Å². The molecule has 1 aliphatic heterocycles. The van der Waals surface area contributed by atoms with Crippen LogP contribution in [0.3, 0.4) is 0 Å². The van der Waals surface area contributed by atoms with Crippen LogP contribution in [0.5, 0.6) is 0 Å². The Kier molecular flexibility index (Phi) is 4.90. The van der Waals surface area contributed by atoms with Crippen LogP contribution in [0.4, 0.5) is 0 Å². The van der Waals surface area contributed by atoms with E-state index in [1.165, 1.54) is 4.90 Å². The predicted molar refractivity (Wildman–Crippen MR) is 83.2 cm³/mol. The standard InChI is InChI=1S/C15H20N4OS/c1-12(19-9-7-16-8-10-19)15-17-14(18-20-15)11-21-13-5-3-2-4-6-13/h2-6,12,16H,7-11H2,1H3. The monoisotopic (exact) mass is 304 g/mol. The van der Waals surface area contributed by atoms with Gasteiger partial charge in [0.05, 0.1) is 11.8 Å². The molecule has 6 heteroatoms. The molecule has 1 unspecified atom stereocenters. The minimum atomic E-state index is 0.190. The zero-order valence-corrected chi connectivity index (χ0v) is 13.0. The third-order valence-electron chi connectivity index (χ3n) is 3.65. The van der Waals surface area contributed by atoms with Gasteiger partial charge in [-0.1, -0.05) is 23.4 Å². The van der Waals surface area contributed by atoms with Crippen molar-refractivity contribution in [3.63, 3.8) is 0 Å². The van der Waals surface area contributed by atoms with Gasteiger partial charge < -0.3 is 9.84 Å². The molecule has 1 N–H and O–H groups in total. The average molecular weight is 304 g/mol. The first-order valence-corrected chi connectivity index (χ1v) is 8.26. The maximum atomic E-state index is 5.43. The zero-order chi connectivity index (χ0) is 14.5. The maximum Gasteiger partial charge on any atom is 0.243 e. The van der Waals surface area contributed by atoms with Gasteiger partial charge in [-0.3, -0.25) is 4.90 Å². The van der Waals surface area contributed by atoms with Crippen LogP contribution >= 0.6 is 11.8 Å². The lowest BCUT2D eigenvalue weighted by Crippen LogP contribution is -2.44. The number of aromatic nitrogens is 2. The lowest BCUT2D eigenvalue weighted by atomic mass is 10.2. The number of benzene rings is 1. The highest BCUT2D eigenvalue weighted by Gasteiger charge is 2.22. The first-order chi connectivity index (χ1) is 10.3. The number of hydrogen-bond donors (Lipinski definition) is 1. The smallest absolute Gasteiger partial charge is 0.243 e. The third-order valence-corrected chi connectivity index (χ3v) is 4.66. The Bertz CT molecular complexity index is 554. The van der Waals surface area contributed by atoms with Crippen molar-refractivity contribution in [2.24, 2.45) is 0 Å². The number of rotatable bonds is 5. The van der Waals surface area contributed by atoms with Gasteiger partial charge in [0.2, 0.25) is 5.89 Å². The molecule has 2 aromatic rings. The molecule has 112 valence electrons. The highest BCUT2D eigenvalue weighted by Crippen LogP contribution is 2.23. The van der Waals surface area contributed by atoms with E-state index >= 15 is 0 Å². The lowest BCUT2D eigenvalue weighted by Gasteiger charge is -2.30. The molecule has 21 heavy (non-hydrogen) atoms. The summed E-state index contributed by atoms with van der Waals surface area (Å²) in [7, 11) is 0. The van der Waals surface area contributed by atoms with Crippen molar-refractivity contribution in [3.05, 3.63) is 42.0 Å². The fourth-order valence-electron chi connectivity index (χ4n) is 2.39. The largest absolute Gasteiger partial charge is 0.338 e. The second-order valence-electron chi connectivity index (χ2n) is 5.11. The van der Waals surface area contributed by atoms with Crippen LogP contribution in [0, 0.1) is 0 Å². The molecule has 0 bridgehead atoms. The summed E-state index contributed by atoms with van der Waals surface area (Å²) in [5.41, 5.74) is 0. The van der Waals surface area contributed by atoms with Crippen LogP contribution < -0.4 is 5.32 Å². The van der Waals surface area contributed by atoms with E-state index in [0.29, 0.717) is 0 Å². The highest BCUT2D eigenvalue weighted by molar-refractivity contribution is 7.98. The van der Waals surface area contributed by atoms with Crippen molar-refractivity contribution < 1.29 is 4.52 Å². The summed E-state index contributed by atoms with van der Waals surface area (Å²) < 4.78 is 5.43. The van der Waals surface area contributed by atoms with Crippen molar-refractivity contribution in [3.8, 4) is 0 Å². The number of thioether (sulfide) groups is 1.